The van der Waals surface area contributed by atoms with Crippen molar-refractivity contribution in [2.24, 2.45) is 5.92 Å². The molecule has 1 aliphatic rings. The van der Waals surface area contributed by atoms with Crippen molar-refractivity contribution in [1.82, 2.24) is 5.32 Å². The lowest BCUT2D eigenvalue weighted by Crippen LogP contribution is -2.37. The second-order valence-corrected chi connectivity index (χ2v) is 5.86. The number of ether oxygens (including phenoxy) is 3. The van der Waals surface area contributed by atoms with Crippen molar-refractivity contribution in [3.05, 3.63) is 12.2 Å². The summed E-state index contributed by atoms with van der Waals surface area (Å²) in [5, 5.41) is 2.61. The fraction of sp³-hybridized carbons (Fsp3) is 0.706. The van der Waals surface area contributed by atoms with Crippen LogP contribution in [0.3, 0.4) is 0 Å². The summed E-state index contributed by atoms with van der Waals surface area (Å²) in [5.41, 5.74) is 0. The van der Waals surface area contributed by atoms with E-state index in [1.165, 1.54) is 19.3 Å². The molecule has 0 saturated heterocycles. The molecule has 0 aromatic heterocycles. The van der Waals surface area contributed by atoms with Gasteiger partial charge in [0.1, 0.15) is 6.61 Å². The number of alkyl carbamates (subject to hydrolysis) is 1. The third kappa shape index (κ3) is 9.17. The highest BCUT2D eigenvalue weighted by atomic mass is 16.6. The Kier molecular flexibility index (Phi) is 9.56. The van der Waals surface area contributed by atoms with Gasteiger partial charge in [-0.25, -0.2) is 14.4 Å². The maximum Gasteiger partial charge on any atom is 0.407 e. The molecule has 0 heterocycles. The lowest BCUT2D eigenvalue weighted by molar-refractivity contribution is -0.140. The van der Waals surface area contributed by atoms with Crippen molar-refractivity contribution in [3.63, 3.8) is 0 Å². The fourth-order valence-corrected chi connectivity index (χ4v) is 2.41. The molecule has 0 bridgehead atoms. The average molecular weight is 341 g/mol. The van der Waals surface area contributed by atoms with Gasteiger partial charge in [-0.2, -0.15) is 0 Å². The molecule has 0 spiro atoms. The zero-order valence-corrected chi connectivity index (χ0v) is 14.4. The number of rotatable bonds is 8. The van der Waals surface area contributed by atoms with E-state index >= 15 is 0 Å². The quantitative estimate of drug-likeness (QED) is 0.414. The number of hydrogen-bond donors (Lipinski definition) is 1. The molecule has 1 saturated carbocycles. The molecule has 1 N–H and O–H groups in total. The predicted molar refractivity (Wildman–Crippen MR) is 87.3 cm³/mol. The Morgan fingerprint density at radius 3 is 2.29 bits per heavy atom. The molecule has 0 aliphatic heterocycles. The van der Waals surface area contributed by atoms with Gasteiger partial charge in [-0.1, -0.05) is 19.3 Å². The van der Waals surface area contributed by atoms with E-state index in [4.69, 9.17) is 9.47 Å². The summed E-state index contributed by atoms with van der Waals surface area (Å²) in [6.07, 6.45) is 7.35. The smallest absolute Gasteiger partial charge is 0.407 e. The van der Waals surface area contributed by atoms with E-state index in [9.17, 15) is 14.4 Å². The van der Waals surface area contributed by atoms with Crippen molar-refractivity contribution >= 4 is 18.0 Å². The van der Waals surface area contributed by atoms with Crippen LogP contribution in [0.5, 0.6) is 0 Å². The minimum absolute atomic E-state index is 0.00940. The standard InChI is InChI=1S/C17H27NO6/c1-3-22-15(19)9-10-16(20)23-11-13(2)18-17(21)24-12-14-7-5-4-6-8-14/h9-10,13-14H,3-8,11-12H2,1-2H3,(H,18,21)/b10-9+/t13-/m0/s1. The molecule has 1 amide bonds. The Bertz CT molecular complexity index is 442. The number of nitrogens with one attached hydrogen (secondary N) is 1. The van der Waals surface area contributed by atoms with Crippen LogP contribution in [-0.2, 0) is 23.8 Å². The second-order valence-electron chi connectivity index (χ2n) is 5.86. The third-order valence-electron chi connectivity index (χ3n) is 3.66. The Morgan fingerprint density at radius 2 is 1.67 bits per heavy atom. The first-order valence-electron chi connectivity index (χ1n) is 8.46. The Hall–Kier alpha value is -2.05. The normalized spacial score (nSPS) is 16.4. The molecule has 7 nitrogen and oxygen atoms in total. The molecular weight excluding hydrogens is 314 g/mol. The number of carbonyl (C=O) groups excluding carboxylic acids is 3. The van der Waals surface area contributed by atoms with E-state index < -0.39 is 18.0 Å². The Labute approximate surface area is 142 Å². The van der Waals surface area contributed by atoms with Crippen LogP contribution in [0.1, 0.15) is 46.0 Å². The molecule has 0 aromatic rings. The molecule has 1 fully saturated rings. The van der Waals surface area contributed by atoms with Crippen LogP contribution in [0.4, 0.5) is 4.79 Å². The molecule has 24 heavy (non-hydrogen) atoms. The Balaban J connectivity index is 2.15. The SMILES string of the molecule is CCOC(=O)/C=C/C(=O)OC[C@H](C)NC(=O)OCC1CCCCC1. The summed E-state index contributed by atoms with van der Waals surface area (Å²) in [6.45, 7) is 4.03. The number of esters is 2. The van der Waals surface area contributed by atoms with Crippen LogP contribution < -0.4 is 5.32 Å². The van der Waals surface area contributed by atoms with Gasteiger partial charge in [0.25, 0.3) is 0 Å². The topological polar surface area (TPSA) is 90.9 Å². The van der Waals surface area contributed by atoms with Crippen LogP contribution in [-0.4, -0.2) is 43.9 Å². The van der Waals surface area contributed by atoms with Gasteiger partial charge >= 0.3 is 18.0 Å². The van der Waals surface area contributed by atoms with Crippen LogP contribution in [0, 0.1) is 5.92 Å². The van der Waals surface area contributed by atoms with Gasteiger partial charge in [0.05, 0.1) is 19.3 Å². The largest absolute Gasteiger partial charge is 0.463 e. The highest BCUT2D eigenvalue weighted by Gasteiger charge is 2.16. The summed E-state index contributed by atoms with van der Waals surface area (Å²) >= 11 is 0. The molecule has 0 radical (unpaired) electrons. The van der Waals surface area contributed by atoms with E-state index in [1.54, 1.807) is 13.8 Å². The van der Waals surface area contributed by atoms with E-state index in [2.05, 4.69) is 10.1 Å². The van der Waals surface area contributed by atoms with Gasteiger partial charge in [0, 0.05) is 12.2 Å². The second kappa shape index (κ2) is 11.5. The van der Waals surface area contributed by atoms with Gasteiger partial charge in [0.15, 0.2) is 0 Å². The molecule has 1 atom stereocenters. The minimum Gasteiger partial charge on any atom is -0.463 e. The first-order chi connectivity index (χ1) is 11.5. The van der Waals surface area contributed by atoms with Gasteiger partial charge in [-0.3, -0.25) is 0 Å². The van der Waals surface area contributed by atoms with Gasteiger partial charge in [-0.15, -0.1) is 0 Å². The van der Waals surface area contributed by atoms with Crippen molar-refractivity contribution in [1.29, 1.82) is 0 Å². The lowest BCUT2D eigenvalue weighted by atomic mass is 9.90. The molecule has 0 aromatic carbocycles. The summed E-state index contributed by atoms with van der Waals surface area (Å²) in [7, 11) is 0. The van der Waals surface area contributed by atoms with Crippen LogP contribution in [0.2, 0.25) is 0 Å². The summed E-state index contributed by atoms with van der Waals surface area (Å²) in [6, 6.07) is -0.385. The maximum absolute atomic E-state index is 11.7. The molecule has 1 rings (SSSR count). The van der Waals surface area contributed by atoms with E-state index in [0.717, 1.165) is 25.0 Å². The lowest BCUT2D eigenvalue weighted by Gasteiger charge is -2.21. The molecular formula is C17H27NO6. The summed E-state index contributed by atoms with van der Waals surface area (Å²) < 4.78 is 14.8. The van der Waals surface area contributed by atoms with Crippen molar-refractivity contribution < 1.29 is 28.6 Å². The van der Waals surface area contributed by atoms with E-state index in [-0.39, 0.29) is 19.3 Å². The Morgan fingerprint density at radius 1 is 1.04 bits per heavy atom. The number of amides is 1. The fourth-order valence-electron chi connectivity index (χ4n) is 2.41. The van der Waals surface area contributed by atoms with Crippen LogP contribution in [0.15, 0.2) is 12.2 Å². The first kappa shape index (κ1) is 20.0. The maximum atomic E-state index is 11.7. The van der Waals surface area contributed by atoms with Gasteiger partial charge in [-0.05, 0) is 32.6 Å². The van der Waals surface area contributed by atoms with Crippen molar-refractivity contribution in [2.75, 3.05) is 19.8 Å². The number of carbonyl (C=O) groups is 3. The van der Waals surface area contributed by atoms with Crippen molar-refractivity contribution in [3.8, 4) is 0 Å². The molecule has 0 unspecified atom stereocenters. The van der Waals surface area contributed by atoms with Crippen LogP contribution in [0.25, 0.3) is 0 Å². The third-order valence-corrected chi connectivity index (χ3v) is 3.66. The molecule has 136 valence electrons. The zero-order chi connectivity index (χ0) is 17.8. The highest BCUT2D eigenvalue weighted by molar-refractivity contribution is 5.91. The van der Waals surface area contributed by atoms with Gasteiger partial charge < -0.3 is 19.5 Å². The number of hydrogen-bond acceptors (Lipinski definition) is 6. The summed E-state index contributed by atoms with van der Waals surface area (Å²) in [4.78, 5) is 34.1. The van der Waals surface area contributed by atoms with Crippen molar-refractivity contribution in [2.45, 2.75) is 52.0 Å². The highest BCUT2D eigenvalue weighted by Crippen LogP contribution is 2.23. The first-order valence-corrected chi connectivity index (χ1v) is 8.46. The average Bonchev–Trinajstić information content (AvgIpc) is 2.57. The molecule has 1 aliphatic carbocycles. The minimum atomic E-state index is -0.674. The zero-order valence-electron chi connectivity index (χ0n) is 14.4. The van der Waals surface area contributed by atoms with E-state index in [1.807, 2.05) is 0 Å². The predicted octanol–water partition coefficient (Wildman–Crippen LogP) is 2.34. The molecule has 7 heteroatoms. The summed E-state index contributed by atoms with van der Waals surface area (Å²) in [5.74, 6) is -0.829. The van der Waals surface area contributed by atoms with Crippen LogP contribution >= 0.6 is 0 Å². The van der Waals surface area contributed by atoms with Gasteiger partial charge in [0.2, 0.25) is 0 Å². The van der Waals surface area contributed by atoms with E-state index in [0.29, 0.717) is 12.5 Å². The monoisotopic (exact) mass is 341 g/mol.